The molecule has 0 radical (unpaired) electrons. The molecule has 2 amide bonds. The van der Waals surface area contributed by atoms with Gasteiger partial charge in [-0.25, -0.2) is 4.79 Å². The molecule has 0 saturated carbocycles. The van der Waals surface area contributed by atoms with Crippen LogP contribution in [0.3, 0.4) is 0 Å². The van der Waals surface area contributed by atoms with Crippen molar-refractivity contribution in [3.63, 3.8) is 0 Å². The third kappa shape index (κ3) is 4.94. The van der Waals surface area contributed by atoms with Gasteiger partial charge < -0.3 is 4.74 Å². The number of carbonyl (C=O) groups excluding carboxylic acids is 2. The highest BCUT2D eigenvalue weighted by molar-refractivity contribution is 9.10. The van der Waals surface area contributed by atoms with E-state index in [9.17, 15) is 9.59 Å². The van der Waals surface area contributed by atoms with E-state index in [4.69, 9.17) is 5.26 Å². The van der Waals surface area contributed by atoms with Crippen LogP contribution in [0.25, 0.3) is 6.08 Å². The lowest BCUT2D eigenvalue weighted by atomic mass is 10.1. The molecule has 0 atom stereocenters. The Hall–Kier alpha value is -2.13. The molecule has 1 aromatic carbocycles. The molecule has 0 saturated heterocycles. The van der Waals surface area contributed by atoms with Crippen LogP contribution in [-0.4, -0.2) is 18.6 Å². The average Bonchev–Trinajstić information content (AvgIpc) is 2.38. The van der Waals surface area contributed by atoms with Crippen LogP contribution in [0.4, 0.5) is 4.79 Å². The second-order valence-corrected chi connectivity index (χ2v) is 4.31. The summed E-state index contributed by atoms with van der Waals surface area (Å²) < 4.78 is 5.45. The van der Waals surface area contributed by atoms with Crippen LogP contribution in [0.5, 0.6) is 0 Å². The molecular weight excluding hydrogens is 312 g/mol. The SMILES string of the molecule is CCOC(=O)NC(=O)/C(C#N)=C\c1ccc(Br)cc1. The third-order valence-corrected chi connectivity index (χ3v) is 2.57. The number of nitrogens with one attached hydrogen (secondary N) is 1. The van der Waals surface area contributed by atoms with Gasteiger partial charge in [-0.1, -0.05) is 28.1 Å². The van der Waals surface area contributed by atoms with Gasteiger partial charge in [-0.05, 0) is 30.7 Å². The highest BCUT2D eigenvalue weighted by Crippen LogP contribution is 2.13. The number of carbonyl (C=O) groups is 2. The number of imide groups is 1. The van der Waals surface area contributed by atoms with Gasteiger partial charge >= 0.3 is 6.09 Å². The molecule has 1 aromatic rings. The third-order valence-electron chi connectivity index (χ3n) is 2.04. The zero-order chi connectivity index (χ0) is 14.3. The summed E-state index contributed by atoms with van der Waals surface area (Å²) in [4.78, 5) is 22.7. The molecule has 0 aliphatic heterocycles. The highest BCUT2D eigenvalue weighted by atomic mass is 79.9. The van der Waals surface area contributed by atoms with E-state index in [-0.39, 0.29) is 12.2 Å². The Morgan fingerprint density at radius 1 is 1.42 bits per heavy atom. The summed E-state index contributed by atoms with van der Waals surface area (Å²) in [6.07, 6.45) is 0.519. The van der Waals surface area contributed by atoms with E-state index in [0.29, 0.717) is 5.56 Å². The smallest absolute Gasteiger partial charge is 0.414 e. The summed E-state index contributed by atoms with van der Waals surface area (Å²) in [5, 5.41) is 10.9. The molecule has 0 aliphatic carbocycles. The molecular formula is C13H11BrN2O3. The van der Waals surface area contributed by atoms with E-state index in [1.165, 1.54) is 6.08 Å². The number of halogens is 1. The summed E-state index contributed by atoms with van der Waals surface area (Å²) in [6.45, 7) is 1.77. The maximum Gasteiger partial charge on any atom is 0.414 e. The summed E-state index contributed by atoms with van der Waals surface area (Å²) in [5.41, 5.74) is 0.508. The van der Waals surface area contributed by atoms with E-state index < -0.39 is 12.0 Å². The van der Waals surface area contributed by atoms with Crippen LogP contribution >= 0.6 is 15.9 Å². The first kappa shape index (κ1) is 14.9. The molecule has 0 spiro atoms. The number of alkyl carbamates (subject to hydrolysis) is 1. The fourth-order valence-corrected chi connectivity index (χ4v) is 1.47. The van der Waals surface area contributed by atoms with Crippen LogP contribution in [0, 0.1) is 11.3 Å². The van der Waals surface area contributed by atoms with Crippen LogP contribution in [0.2, 0.25) is 0 Å². The van der Waals surface area contributed by atoms with Crippen molar-refractivity contribution in [2.24, 2.45) is 0 Å². The van der Waals surface area contributed by atoms with E-state index >= 15 is 0 Å². The number of nitriles is 1. The van der Waals surface area contributed by atoms with Gasteiger partial charge in [0.2, 0.25) is 0 Å². The molecule has 1 rings (SSSR count). The van der Waals surface area contributed by atoms with E-state index in [2.05, 4.69) is 20.7 Å². The maximum absolute atomic E-state index is 11.6. The fraction of sp³-hybridized carbons (Fsp3) is 0.154. The van der Waals surface area contributed by atoms with Gasteiger partial charge in [0.25, 0.3) is 5.91 Å². The monoisotopic (exact) mass is 322 g/mol. The van der Waals surface area contributed by atoms with Crippen molar-refractivity contribution >= 4 is 34.0 Å². The number of rotatable bonds is 3. The van der Waals surface area contributed by atoms with Crippen molar-refractivity contribution < 1.29 is 14.3 Å². The van der Waals surface area contributed by atoms with Crippen LogP contribution < -0.4 is 5.32 Å². The second-order valence-electron chi connectivity index (χ2n) is 3.40. The average molecular weight is 323 g/mol. The molecule has 5 nitrogen and oxygen atoms in total. The Labute approximate surface area is 119 Å². The topological polar surface area (TPSA) is 79.2 Å². The van der Waals surface area contributed by atoms with Gasteiger partial charge in [0, 0.05) is 4.47 Å². The number of ether oxygens (including phenoxy) is 1. The molecule has 0 aromatic heterocycles. The van der Waals surface area contributed by atoms with Gasteiger partial charge in [-0.15, -0.1) is 0 Å². The lowest BCUT2D eigenvalue weighted by molar-refractivity contribution is -0.116. The highest BCUT2D eigenvalue weighted by Gasteiger charge is 2.13. The second kappa shape index (κ2) is 7.34. The van der Waals surface area contributed by atoms with Gasteiger partial charge in [0.05, 0.1) is 6.61 Å². The van der Waals surface area contributed by atoms with Gasteiger partial charge in [0.15, 0.2) is 0 Å². The van der Waals surface area contributed by atoms with Crippen molar-refractivity contribution in [2.75, 3.05) is 6.61 Å². The normalized spacial score (nSPS) is 10.5. The minimum absolute atomic E-state index is 0.150. The Bertz CT molecular complexity index is 544. The summed E-state index contributed by atoms with van der Waals surface area (Å²) >= 11 is 3.28. The Kier molecular flexibility index (Phi) is 5.76. The molecule has 1 N–H and O–H groups in total. The first-order valence-electron chi connectivity index (χ1n) is 5.42. The number of benzene rings is 1. The van der Waals surface area contributed by atoms with Gasteiger partial charge in [-0.2, -0.15) is 5.26 Å². The molecule has 0 unspecified atom stereocenters. The summed E-state index contributed by atoms with van der Waals surface area (Å²) in [7, 11) is 0. The summed E-state index contributed by atoms with van der Waals surface area (Å²) in [6, 6.07) is 8.78. The maximum atomic E-state index is 11.6. The zero-order valence-electron chi connectivity index (χ0n) is 10.1. The number of hydrogen-bond acceptors (Lipinski definition) is 4. The first-order valence-corrected chi connectivity index (χ1v) is 6.21. The predicted molar refractivity (Wildman–Crippen MR) is 72.9 cm³/mol. The van der Waals surface area contributed by atoms with Crippen molar-refractivity contribution in [2.45, 2.75) is 6.92 Å². The van der Waals surface area contributed by atoms with Crippen molar-refractivity contribution in [3.8, 4) is 6.07 Å². The quantitative estimate of drug-likeness (QED) is 0.685. The summed E-state index contributed by atoms with van der Waals surface area (Å²) in [5.74, 6) is -0.788. The van der Waals surface area contributed by atoms with Crippen molar-refractivity contribution in [1.29, 1.82) is 5.26 Å². The largest absolute Gasteiger partial charge is 0.450 e. The molecule has 98 valence electrons. The number of hydrogen-bond donors (Lipinski definition) is 1. The first-order chi connectivity index (χ1) is 9.06. The van der Waals surface area contributed by atoms with Gasteiger partial charge in [-0.3, -0.25) is 10.1 Å². The Morgan fingerprint density at radius 3 is 2.58 bits per heavy atom. The lowest BCUT2D eigenvalue weighted by Gasteiger charge is -2.03. The van der Waals surface area contributed by atoms with E-state index in [0.717, 1.165) is 4.47 Å². The molecule has 0 bridgehead atoms. The van der Waals surface area contributed by atoms with Crippen LogP contribution in [0.15, 0.2) is 34.3 Å². The lowest BCUT2D eigenvalue weighted by Crippen LogP contribution is -2.31. The van der Waals surface area contributed by atoms with Crippen molar-refractivity contribution in [1.82, 2.24) is 5.32 Å². The van der Waals surface area contributed by atoms with Crippen LogP contribution in [-0.2, 0) is 9.53 Å². The molecule has 19 heavy (non-hydrogen) atoms. The molecule has 0 fully saturated rings. The molecule has 6 heteroatoms. The minimum atomic E-state index is -0.871. The minimum Gasteiger partial charge on any atom is -0.450 e. The predicted octanol–water partition coefficient (Wildman–Crippen LogP) is 2.63. The number of amides is 2. The Balaban J connectivity index is 2.83. The van der Waals surface area contributed by atoms with Crippen molar-refractivity contribution in [3.05, 3.63) is 39.9 Å². The van der Waals surface area contributed by atoms with Crippen LogP contribution in [0.1, 0.15) is 12.5 Å². The molecule has 0 aliphatic rings. The fourth-order valence-electron chi connectivity index (χ4n) is 1.20. The van der Waals surface area contributed by atoms with E-state index in [1.54, 1.807) is 37.3 Å². The Morgan fingerprint density at radius 2 is 2.05 bits per heavy atom. The van der Waals surface area contributed by atoms with Gasteiger partial charge in [0.1, 0.15) is 11.6 Å². The standard InChI is InChI=1S/C13H11BrN2O3/c1-2-19-13(18)16-12(17)10(8-15)7-9-3-5-11(14)6-4-9/h3-7H,2H2,1H3,(H,16,17,18)/b10-7-. The number of nitrogens with zero attached hydrogens (tertiary/aromatic N) is 1. The molecule has 0 heterocycles. The van der Waals surface area contributed by atoms with E-state index in [1.807, 2.05) is 5.32 Å². The zero-order valence-corrected chi connectivity index (χ0v) is 11.7.